The van der Waals surface area contributed by atoms with E-state index in [2.05, 4.69) is 45.3 Å². The molecule has 5 heteroatoms. The second-order valence-electron chi connectivity index (χ2n) is 6.17. The number of pyridine rings is 1. The van der Waals surface area contributed by atoms with Crippen LogP contribution in [0.1, 0.15) is 23.8 Å². The molecule has 3 aromatic heterocycles. The van der Waals surface area contributed by atoms with E-state index in [9.17, 15) is 4.79 Å². The molecule has 0 saturated heterocycles. The molecular weight excluding hydrogens is 324 g/mol. The van der Waals surface area contributed by atoms with Gasteiger partial charge in [0.2, 0.25) is 0 Å². The Kier molecular flexibility index (Phi) is 4.27. The van der Waals surface area contributed by atoms with Crippen LogP contribution in [0.2, 0.25) is 0 Å². The number of carbonyl (C=O) groups excluding carboxylic acids is 1. The molecule has 0 atom stereocenters. The number of aromatic nitrogens is 3. The van der Waals surface area contributed by atoms with Crippen LogP contribution < -0.4 is 5.32 Å². The number of rotatable bonds is 5. The Morgan fingerprint density at radius 1 is 1.00 bits per heavy atom. The normalized spacial score (nSPS) is 11.0. The van der Waals surface area contributed by atoms with Crippen molar-refractivity contribution in [1.82, 2.24) is 19.5 Å². The van der Waals surface area contributed by atoms with Gasteiger partial charge >= 0.3 is 0 Å². The largest absolute Gasteiger partial charge is 0.351 e. The lowest BCUT2D eigenvalue weighted by Crippen LogP contribution is -2.24. The highest BCUT2D eigenvalue weighted by molar-refractivity contribution is 5.92. The van der Waals surface area contributed by atoms with Crippen LogP contribution >= 0.6 is 0 Å². The number of fused-ring (bicyclic) bond motifs is 1. The van der Waals surface area contributed by atoms with E-state index in [1.165, 1.54) is 0 Å². The first-order valence-corrected chi connectivity index (χ1v) is 8.77. The van der Waals surface area contributed by atoms with E-state index in [4.69, 9.17) is 0 Å². The molecule has 3 heterocycles. The van der Waals surface area contributed by atoms with Crippen LogP contribution in [0.25, 0.3) is 22.5 Å². The highest BCUT2D eigenvalue weighted by Gasteiger charge is 2.11. The number of hydrogen-bond donors (Lipinski definition) is 1. The first-order chi connectivity index (χ1) is 12.8. The molecule has 0 saturated carbocycles. The van der Waals surface area contributed by atoms with Gasteiger partial charge in [0.15, 0.2) is 5.69 Å². The zero-order valence-electron chi connectivity index (χ0n) is 14.6. The second kappa shape index (κ2) is 6.88. The second-order valence-corrected chi connectivity index (χ2v) is 6.17. The van der Waals surface area contributed by atoms with Crippen molar-refractivity contribution in [3.63, 3.8) is 0 Å². The van der Waals surface area contributed by atoms with Crippen molar-refractivity contribution in [2.75, 3.05) is 6.54 Å². The summed E-state index contributed by atoms with van der Waals surface area (Å²) in [6.07, 6.45) is 4.81. The van der Waals surface area contributed by atoms with Crippen molar-refractivity contribution in [3.05, 3.63) is 78.8 Å². The Morgan fingerprint density at radius 2 is 1.81 bits per heavy atom. The molecule has 1 aromatic carbocycles. The summed E-state index contributed by atoms with van der Waals surface area (Å²) in [7, 11) is 0. The summed E-state index contributed by atoms with van der Waals surface area (Å²) < 4.78 is 3.83. The van der Waals surface area contributed by atoms with Crippen LogP contribution in [-0.4, -0.2) is 26.6 Å². The van der Waals surface area contributed by atoms with E-state index in [0.717, 1.165) is 28.9 Å². The van der Waals surface area contributed by atoms with Crippen molar-refractivity contribution >= 4 is 11.4 Å². The molecule has 26 heavy (non-hydrogen) atoms. The van der Waals surface area contributed by atoms with Crippen molar-refractivity contribution in [2.24, 2.45) is 0 Å². The zero-order valence-corrected chi connectivity index (χ0v) is 14.6. The first kappa shape index (κ1) is 16.1. The standard InChI is InChI=1S/C21H20N4O/c1-2-13-22-21(26)19-12-14-25(23-19)20-11-10-18-9-8-17(15-24(18)20)16-6-4-3-5-7-16/h3-12,14-15H,2,13H2,1H3,(H,22,26). The lowest BCUT2D eigenvalue weighted by atomic mass is 10.1. The average molecular weight is 344 g/mol. The van der Waals surface area contributed by atoms with Gasteiger partial charge in [0.1, 0.15) is 5.82 Å². The summed E-state index contributed by atoms with van der Waals surface area (Å²) in [6.45, 7) is 2.68. The predicted octanol–water partition coefficient (Wildman–Crippen LogP) is 3.93. The molecule has 0 bridgehead atoms. The van der Waals surface area contributed by atoms with Gasteiger partial charge in [-0.15, -0.1) is 0 Å². The van der Waals surface area contributed by atoms with Crippen LogP contribution in [0.15, 0.2) is 73.1 Å². The lowest BCUT2D eigenvalue weighted by molar-refractivity contribution is 0.0948. The molecule has 4 rings (SSSR count). The maximum atomic E-state index is 12.1. The fourth-order valence-electron chi connectivity index (χ4n) is 2.98. The van der Waals surface area contributed by atoms with Gasteiger partial charge in [-0.2, -0.15) is 5.10 Å². The van der Waals surface area contributed by atoms with Crippen LogP contribution in [0, 0.1) is 0 Å². The van der Waals surface area contributed by atoms with Crippen LogP contribution in [-0.2, 0) is 0 Å². The van der Waals surface area contributed by atoms with Crippen molar-refractivity contribution < 1.29 is 4.79 Å². The summed E-state index contributed by atoms with van der Waals surface area (Å²) in [4.78, 5) is 12.1. The maximum Gasteiger partial charge on any atom is 0.271 e. The van der Waals surface area contributed by atoms with E-state index in [1.54, 1.807) is 10.7 Å². The zero-order chi connectivity index (χ0) is 17.9. The minimum absolute atomic E-state index is 0.142. The molecule has 0 fully saturated rings. The molecule has 130 valence electrons. The highest BCUT2D eigenvalue weighted by atomic mass is 16.1. The SMILES string of the molecule is CCCNC(=O)c1ccn(-c2ccc3ccc(-c4ccccc4)cn23)n1. The van der Waals surface area contributed by atoms with Crippen LogP contribution in [0.4, 0.5) is 0 Å². The summed E-state index contributed by atoms with van der Waals surface area (Å²) in [5.74, 6) is 0.753. The van der Waals surface area contributed by atoms with Gasteiger partial charge in [0, 0.05) is 24.5 Å². The number of benzene rings is 1. The number of nitrogens with zero attached hydrogens (tertiary/aromatic N) is 3. The highest BCUT2D eigenvalue weighted by Crippen LogP contribution is 2.22. The van der Waals surface area contributed by atoms with E-state index in [-0.39, 0.29) is 5.91 Å². The third-order valence-electron chi connectivity index (χ3n) is 4.33. The number of amides is 1. The summed E-state index contributed by atoms with van der Waals surface area (Å²) in [5.41, 5.74) is 3.79. The number of hydrogen-bond acceptors (Lipinski definition) is 2. The number of carbonyl (C=O) groups is 1. The monoisotopic (exact) mass is 344 g/mol. The average Bonchev–Trinajstić information content (AvgIpc) is 3.33. The Hall–Kier alpha value is -3.34. The number of nitrogens with one attached hydrogen (secondary N) is 1. The van der Waals surface area contributed by atoms with Crippen molar-refractivity contribution in [1.29, 1.82) is 0 Å². The molecule has 0 aliphatic carbocycles. The van der Waals surface area contributed by atoms with Crippen LogP contribution in [0.3, 0.4) is 0 Å². The molecule has 5 nitrogen and oxygen atoms in total. The van der Waals surface area contributed by atoms with Gasteiger partial charge in [0.05, 0.1) is 0 Å². The fourth-order valence-corrected chi connectivity index (χ4v) is 2.98. The summed E-state index contributed by atoms with van der Waals surface area (Å²) in [6, 6.07) is 20.3. The lowest BCUT2D eigenvalue weighted by Gasteiger charge is -2.07. The first-order valence-electron chi connectivity index (χ1n) is 8.77. The maximum absolute atomic E-state index is 12.1. The van der Waals surface area contributed by atoms with Gasteiger partial charge in [-0.1, -0.05) is 43.3 Å². The van der Waals surface area contributed by atoms with Gasteiger partial charge in [-0.3, -0.25) is 4.79 Å². The third kappa shape index (κ3) is 2.99. The molecule has 0 aliphatic heterocycles. The van der Waals surface area contributed by atoms with Gasteiger partial charge < -0.3 is 9.72 Å². The Balaban J connectivity index is 1.71. The van der Waals surface area contributed by atoms with Crippen LogP contribution in [0.5, 0.6) is 0 Å². The molecular formula is C21H20N4O. The van der Waals surface area contributed by atoms with E-state index in [1.807, 2.05) is 43.5 Å². The Morgan fingerprint density at radius 3 is 2.62 bits per heavy atom. The Labute approximate surface area is 151 Å². The fraction of sp³-hybridized carbons (Fsp3) is 0.143. The molecule has 0 spiro atoms. The molecule has 0 aliphatic rings. The van der Waals surface area contributed by atoms with Gasteiger partial charge in [-0.05, 0) is 41.8 Å². The third-order valence-corrected chi connectivity index (χ3v) is 4.33. The minimum Gasteiger partial charge on any atom is -0.351 e. The van der Waals surface area contributed by atoms with E-state index >= 15 is 0 Å². The van der Waals surface area contributed by atoms with Crippen molar-refractivity contribution in [2.45, 2.75) is 13.3 Å². The topological polar surface area (TPSA) is 51.3 Å². The van der Waals surface area contributed by atoms with E-state index in [0.29, 0.717) is 12.2 Å². The predicted molar refractivity (Wildman–Crippen MR) is 103 cm³/mol. The summed E-state index contributed by atoms with van der Waals surface area (Å²) >= 11 is 0. The van der Waals surface area contributed by atoms with Gasteiger partial charge in [-0.25, -0.2) is 4.68 Å². The molecule has 1 amide bonds. The van der Waals surface area contributed by atoms with Gasteiger partial charge in [0.25, 0.3) is 5.91 Å². The quantitative estimate of drug-likeness (QED) is 0.596. The Bertz CT molecular complexity index is 1050. The molecule has 0 unspecified atom stereocenters. The molecule has 1 N–H and O–H groups in total. The van der Waals surface area contributed by atoms with E-state index < -0.39 is 0 Å². The molecule has 0 radical (unpaired) electrons. The minimum atomic E-state index is -0.142. The molecule has 4 aromatic rings. The smallest absolute Gasteiger partial charge is 0.271 e. The van der Waals surface area contributed by atoms with Crippen molar-refractivity contribution in [3.8, 4) is 16.9 Å². The summed E-state index contributed by atoms with van der Waals surface area (Å²) in [5, 5.41) is 7.30.